The molecule has 1 aromatic carbocycles. The van der Waals surface area contributed by atoms with Crippen LogP contribution >= 0.6 is 0 Å². The van der Waals surface area contributed by atoms with Crippen molar-refractivity contribution in [3.05, 3.63) is 48.3 Å². The van der Waals surface area contributed by atoms with Crippen molar-refractivity contribution < 1.29 is 9.47 Å². The lowest BCUT2D eigenvalue weighted by atomic mass is 10.0. The topological polar surface area (TPSA) is 31.4 Å². The third-order valence-corrected chi connectivity index (χ3v) is 3.05. The molecule has 2 aromatic rings. The molecule has 0 bridgehead atoms. The van der Waals surface area contributed by atoms with Crippen molar-refractivity contribution in [2.24, 2.45) is 0 Å². The highest BCUT2D eigenvalue weighted by Gasteiger charge is 2.07. The Balaban J connectivity index is 2.34. The molecular weight excluding hydrogens is 226 g/mol. The minimum atomic E-state index is 0.110. The van der Waals surface area contributed by atoms with Crippen molar-refractivity contribution >= 4 is 0 Å². The quantitative estimate of drug-likeness (QED) is 0.824. The number of pyridine rings is 1. The third-order valence-electron chi connectivity index (χ3n) is 3.05. The molecule has 3 nitrogen and oxygen atoms in total. The van der Waals surface area contributed by atoms with Gasteiger partial charge in [0, 0.05) is 18.9 Å². The van der Waals surface area contributed by atoms with E-state index in [4.69, 9.17) is 9.47 Å². The van der Waals surface area contributed by atoms with Crippen LogP contribution in [0.25, 0.3) is 11.1 Å². The maximum Gasteiger partial charge on any atom is 0.144 e. The minimum absolute atomic E-state index is 0.110. The molecule has 0 spiro atoms. The molecule has 0 aliphatic heterocycles. The zero-order chi connectivity index (χ0) is 13.0. The smallest absolute Gasteiger partial charge is 0.144 e. The van der Waals surface area contributed by atoms with Crippen LogP contribution in [-0.4, -0.2) is 19.2 Å². The number of nitrogens with zero attached hydrogens (tertiary/aromatic N) is 1. The summed E-state index contributed by atoms with van der Waals surface area (Å²) in [6, 6.07) is 10.2. The summed E-state index contributed by atoms with van der Waals surface area (Å²) in [5, 5.41) is 0. The van der Waals surface area contributed by atoms with Gasteiger partial charge >= 0.3 is 0 Å². The van der Waals surface area contributed by atoms with E-state index in [-0.39, 0.29) is 6.10 Å². The van der Waals surface area contributed by atoms with E-state index in [1.165, 1.54) is 0 Å². The van der Waals surface area contributed by atoms with Crippen molar-refractivity contribution in [1.29, 1.82) is 0 Å². The van der Waals surface area contributed by atoms with Crippen LogP contribution in [0.2, 0.25) is 0 Å². The van der Waals surface area contributed by atoms with Gasteiger partial charge in [-0.3, -0.25) is 4.98 Å². The Morgan fingerprint density at radius 2 is 1.78 bits per heavy atom. The fraction of sp³-hybridized carbons (Fsp3) is 0.267. The lowest BCUT2D eigenvalue weighted by Crippen LogP contribution is -1.95. The van der Waals surface area contributed by atoms with Gasteiger partial charge in [0.2, 0.25) is 0 Å². The van der Waals surface area contributed by atoms with Crippen molar-refractivity contribution in [2.45, 2.75) is 13.0 Å². The van der Waals surface area contributed by atoms with Crippen LogP contribution in [0.4, 0.5) is 0 Å². The van der Waals surface area contributed by atoms with Crippen molar-refractivity contribution in [3.63, 3.8) is 0 Å². The normalized spacial score (nSPS) is 12.2. The SMILES string of the molecule is COc1cnccc1-c1ccc(C(C)OC)cc1. The third kappa shape index (κ3) is 2.51. The van der Waals surface area contributed by atoms with Gasteiger partial charge < -0.3 is 9.47 Å². The molecule has 1 aromatic heterocycles. The lowest BCUT2D eigenvalue weighted by molar-refractivity contribution is 0.119. The summed E-state index contributed by atoms with van der Waals surface area (Å²) < 4.78 is 10.6. The predicted molar refractivity (Wildman–Crippen MR) is 71.6 cm³/mol. The van der Waals surface area contributed by atoms with E-state index < -0.39 is 0 Å². The average Bonchev–Trinajstić information content (AvgIpc) is 2.46. The van der Waals surface area contributed by atoms with Gasteiger partial charge in [-0.1, -0.05) is 24.3 Å². The van der Waals surface area contributed by atoms with Gasteiger partial charge in [-0.05, 0) is 24.1 Å². The van der Waals surface area contributed by atoms with Gasteiger partial charge in [-0.2, -0.15) is 0 Å². The lowest BCUT2D eigenvalue weighted by Gasteiger charge is -2.11. The van der Waals surface area contributed by atoms with E-state index in [0.29, 0.717) is 0 Å². The first-order valence-corrected chi connectivity index (χ1v) is 5.87. The molecule has 0 saturated carbocycles. The largest absolute Gasteiger partial charge is 0.494 e. The zero-order valence-corrected chi connectivity index (χ0v) is 10.9. The molecule has 94 valence electrons. The van der Waals surface area contributed by atoms with E-state index in [2.05, 4.69) is 29.2 Å². The first-order chi connectivity index (χ1) is 8.76. The molecule has 0 aliphatic carbocycles. The van der Waals surface area contributed by atoms with Crippen LogP contribution in [0.15, 0.2) is 42.7 Å². The Morgan fingerprint density at radius 1 is 1.06 bits per heavy atom. The maximum atomic E-state index is 5.31. The molecule has 3 heteroatoms. The fourth-order valence-electron chi connectivity index (χ4n) is 1.85. The number of rotatable bonds is 4. The Morgan fingerprint density at radius 3 is 2.39 bits per heavy atom. The summed E-state index contributed by atoms with van der Waals surface area (Å²) in [6.07, 6.45) is 3.60. The Bertz CT molecular complexity index is 508. The summed E-state index contributed by atoms with van der Waals surface area (Å²) in [6.45, 7) is 2.03. The van der Waals surface area contributed by atoms with Gasteiger partial charge in [0.15, 0.2) is 0 Å². The fourth-order valence-corrected chi connectivity index (χ4v) is 1.85. The first kappa shape index (κ1) is 12.6. The molecule has 0 amide bonds. The van der Waals surface area contributed by atoms with Crippen LogP contribution in [0.3, 0.4) is 0 Å². The summed E-state index contributed by atoms with van der Waals surface area (Å²) in [5.41, 5.74) is 3.32. The molecular formula is C15H17NO2. The molecule has 0 aliphatic rings. The molecule has 18 heavy (non-hydrogen) atoms. The Hall–Kier alpha value is -1.87. The molecule has 0 N–H and O–H groups in total. The van der Waals surface area contributed by atoms with Crippen LogP contribution in [-0.2, 0) is 4.74 Å². The molecule has 1 unspecified atom stereocenters. The standard InChI is InChI=1S/C15H17NO2/c1-11(17-2)12-4-6-13(7-5-12)14-8-9-16-10-15(14)18-3/h4-11H,1-3H3. The highest BCUT2D eigenvalue weighted by Crippen LogP contribution is 2.29. The summed E-state index contributed by atoms with van der Waals surface area (Å²) in [5.74, 6) is 0.782. The molecule has 1 heterocycles. The number of benzene rings is 1. The van der Waals surface area contributed by atoms with Crippen molar-refractivity contribution in [3.8, 4) is 16.9 Å². The van der Waals surface area contributed by atoms with E-state index in [1.54, 1.807) is 26.6 Å². The molecule has 1 atom stereocenters. The Kier molecular flexibility index (Phi) is 3.95. The van der Waals surface area contributed by atoms with E-state index in [1.807, 2.05) is 13.0 Å². The van der Waals surface area contributed by atoms with Crippen molar-refractivity contribution in [1.82, 2.24) is 4.98 Å². The van der Waals surface area contributed by atoms with Gasteiger partial charge in [0.25, 0.3) is 0 Å². The van der Waals surface area contributed by atoms with Crippen LogP contribution in [0, 0.1) is 0 Å². The number of hydrogen-bond acceptors (Lipinski definition) is 3. The zero-order valence-electron chi connectivity index (χ0n) is 10.9. The minimum Gasteiger partial charge on any atom is -0.494 e. The van der Waals surface area contributed by atoms with Gasteiger partial charge in [-0.25, -0.2) is 0 Å². The summed E-state index contributed by atoms with van der Waals surface area (Å²) in [7, 11) is 3.37. The first-order valence-electron chi connectivity index (χ1n) is 5.87. The monoisotopic (exact) mass is 243 g/mol. The number of aromatic nitrogens is 1. The van der Waals surface area contributed by atoms with Crippen LogP contribution in [0.1, 0.15) is 18.6 Å². The molecule has 2 rings (SSSR count). The van der Waals surface area contributed by atoms with Crippen LogP contribution in [0.5, 0.6) is 5.75 Å². The van der Waals surface area contributed by atoms with Crippen LogP contribution < -0.4 is 4.74 Å². The second kappa shape index (κ2) is 5.65. The molecule has 0 radical (unpaired) electrons. The second-order valence-corrected chi connectivity index (χ2v) is 4.08. The number of methoxy groups -OCH3 is 2. The number of ether oxygens (including phenoxy) is 2. The highest BCUT2D eigenvalue weighted by molar-refractivity contribution is 5.69. The van der Waals surface area contributed by atoms with E-state index in [0.717, 1.165) is 22.4 Å². The van der Waals surface area contributed by atoms with Gasteiger partial charge in [-0.15, -0.1) is 0 Å². The number of hydrogen-bond donors (Lipinski definition) is 0. The summed E-state index contributed by atoms with van der Waals surface area (Å²) >= 11 is 0. The van der Waals surface area contributed by atoms with Crippen molar-refractivity contribution in [2.75, 3.05) is 14.2 Å². The van der Waals surface area contributed by atoms with Gasteiger partial charge in [0.05, 0.1) is 19.4 Å². The van der Waals surface area contributed by atoms with E-state index >= 15 is 0 Å². The van der Waals surface area contributed by atoms with Gasteiger partial charge in [0.1, 0.15) is 5.75 Å². The average molecular weight is 243 g/mol. The molecule has 0 fully saturated rings. The maximum absolute atomic E-state index is 5.31. The Labute approximate surface area is 107 Å². The van der Waals surface area contributed by atoms with E-state index in [9.17, 15) is 0 Å². The second-order valence-electron chi connectivity index (χ2n) is 4.08. The predicted octanol–water partition coefficient (Wildman–Crippen LogP) is 3.46. The summed E-state index contributed by atoms with van der Waals surface area (Å²) in [4.78, 5) is 4.06. The highest BCUT2D eigenvalue weighted by atomic mass is 16.5. The molecule has 0 saturated heterocycles.